The Morgan fingerprint density at radius 2 is 0.635 bits per heavy atom. The summed E-state index contributed by atoms with van der Waals surface area (Å²) in [6.45, 7) is 0. The molecule has 0 atom stereocenters. The van der Waals surface area contributed by atoms with Gasteiger partial charge >= 0.3 is 11.9 Å². The molecule has 0 bridgehead atoms. The number of rotatable bonds is 13. The van der Waals surface area contributed by atoms with Gasteiger partial charge in [-0.2, -0.15) is 0 Å². The van der Waals surface area contributed by atoms with Crippen LogP contribution in [0.5, 0.6) is 0 Å². The number of methoxy groups -OCH3 is 2. The lowest BCUT2D eigenvalue weighted by Gasteiger charge is -2.15. The first-order valence-corrected chi connectivity index (χ1v) is 18.4. The first-order valence-electron chi connectivity index (χ1n) is 18.4. The fourth-order valence-electron chi connectivity index (χ4n) is 6.17. The highest BCUT2D eigenvalue weighted by Gasteiger charge is 2.26. The van der Waals surface area contributed by atoms with E-state index in [-0.39, 0.29) is 34.6 Å². The lowest BCUT2D eigenvalue weighted by molar-refractivity contribution is -0.385. The van der Waals surface area contributed by atoms with Crippen LogP contribution in [0.2, 0.25) is 0 Å². The fourth-order valence-corrected chi connectivity index (χ4v) is 6.17. The number of esters is 2. The zero-order chi connectivity index (χ0) is 46.1. The van der Waals surface area contributed by atoms with Crippen molar-refractivity contribution >= 4 is 40.6 Å². The van der Waals surface area contributed by atoms with Gasteiger partial charge in [0.15, 0.2) is 0 Å². The lowest BCUT2D eigenvalue weighted by Crippen LogP contribution is -2.27. The van der Waals surface area contributed by atoms with Crippen molar-refractivity contribution in [3.8, 4) is 0 Å². The summed E-state index contributed by atoms with van der Waals surface area (Å²) in [4.78, 5) is 76.4. The Labute approximate surface area is 357 Å². The van der Waals surface area contributed by atoms with Gasteiger partial charge in [-0.05, 0) is 33.4 Å². The molecule has 19 nitrogen and oxygen atoms in total. The molecule has 2 N–H and O–H groups in total. The zero-order valence-corrected chi connectivity index (χ0v) is 33.3. The lowest BCUT2D eigenvalue weighted by atomic mass is 9.90. The second-order valence-electron chi connectivity index (χ2n) is 13.0. The summed E-state index contributed by atoms with van der Waals surface area (Å²) in [5.74, 6) is -3.67. The summed E-state index contributed by atoms with van der Waals surface area (Å²) in [6, 6.07) is 40.8. The molecular weight excluding hydrogens is 823 g/mol. The molecular formula is C44H37N5O14. The first-order chi connectivity index (χ1) is 30.2. The van der Waals surface area contributed by atoms with E-state index in [2.05, 4.69) is 0 Å². The van der Waals surface area contributed by atoms with Crippen LogP contribution in [0.15, 0.2) is 158 Å². The number of non-ortho nitro benzene ring substituents is 4. The van der Waals surface area contributed by atoms with Crippen molar-refractivity contribution in [1.29, 1.82) is 0 Å². The molecule has 0 spiro atoms. The van der Waals surface area contributed by atoms with Crippen molar-refractivity contribution in [2.75, 3.05) is 14.2 Å². The molecule has 1 amide bonds. The molecule has 19 heteroatoms. The SMILES string of the molecule is COC(=O)C(c1ccc([N+](=O)[O-])cc1)c1ccc([N+](=O)[O-])cc1.COC(=O)C(c1ccccc1)c1ccccc1.O=C(NO)C(c1ccc([N+](=O)[O-])cc1)c1ccc([N+](=O)[O-])cc1. The van der Waals surface area contributed by atoms with Crippen LogP contribution in [0.25, 0.3) is 0 Å². The number of nitro benzene ring substituents is 4. The normalized spacial score (nSPS) is 10.3. The van der Waals surface area contributed by atoms with Crippen LogP contribution >= 0.6 is 0 Å². The molecule has 0 saturated heterocycles. The Hall–Kier alpha value is -8.71. The van der Waals surface area contributed by atoms with E-state index in [0.717, 1.165) is 11.1 Å². The van der Waals surface area contributed by atoms with Crippen LogP contribution in [0.3, 0.4) is 0 Å². The van der Waals surface area contributed by atoms with Gasteiger partial charge in [0.1, 0.15) is 11.8 Å². The summed E-state index contributed by atoms with van der Waals surface area (Å²) in [5, 5.41) is 51.6. The minimum absolute atomic E-state index is 0.0962. The van der Waals surface area contributed by atoms with Gasteiger partial charge in [0.2, 0.25) is 0 Å². The van der Waals surface area contributed by atoms with Gasteiger partial charge in [0.25, 0.3) is 28.7 Å². The number of benzene rings is 6. The van der Waals surface area contributed by atoms with E-state index in [1.165, 1.54) is 117 Å². The van der Waals surface area contributed by atoms with Crippen molar-refractivity contribution in [1.82, 2.24) is 5.48 Å². The minimum atomic E-state index is -0.957. The number of carbonyl (C=O) groups is 3. The maximum atomic E-state index is 12.1. The summed E-state index contributed by atoms with van der Waals surface area (Å²) in [7, 11) is 2.65. The van der Waals surface area contributed by atoms with Gasteiger partial charge in [-0.3, -0.25) is 60.0 Å². The van der Waals surface area contributed by atoms with E-state index in [0.29, 0.717) is 22.3 Å². The molecule has 0 saturated carbocycles. The molecule has 0 aliphatic heterocycles. The molecule has 0 heterocycles. The monoisotopic (exact) mass is 859 g/mol. The van der Waals surface area contributed by atoms with Crippen molar-refractivity contribution in [3.63, 3.8) is 0 Å². The number of nitro groups is 4. The molecule has 0 aromatic heterocycles. The Kier molecular flexibility index (Phi) is 16.9. The molecule has 0 unspecified atom stereocenters. The third-order valence-electron chi connectivity index (χ3n) is 9.26. The van der Waals surface area contributed by atoms with Crippen LogP contribution in [0.1, 0.15) is 51.1 Å². The largest absolute Gasteiger partial charge is 0.468 e. The quantitative estimate of drug-likeness (QED) is 0.0483. The van der Waals surface area contributed by atoms with Gasteiger partial charge in [-0.25, -0.2) is 5.48 Å². The molecule has 63 heavy (non-hydrogen) atoms. The van der Waals surface area contributed by atoms with E-state index >= 15 is 0 Å². The topological polar surface area (TPSA) is 274 Å². The maximum Gasteiger partial charge on any atom is 0.317 e. The zero-order valence-electron chi connectivity index (χ0n) is 33.3. The van der Waals surface area contributed by atoms with Crippen molar-refractivity contribution < 1.29 is 48.8 Å². The van der Waals surface area contributed by atoms with E-state index in [1.54, 1.807) is 0 Å². The predicted molar refractivity (Wildman–Crippen MR) is 225 cm³/mol. The van der Waals surface area contributed by atoms with Crippen molar-refractivity contribution in [2.24, 2.45) is 0 Å². The molecule has 0 aliphatic carbocycles. The standard InChI is InChI=1S/C15H12N2O6.C15H14O2.C14H11N3O6/c1-23-15(18)14(10-2-6-12(7-3-10)16(19)20)11-4-8-13(9-5-11)17(21)22;1-17-15(16)14(12-8-4-2-5-9-12)13-10-6-3-7-11-13;18-14(15-19)13(9-1-5-11(6-2-9)16(20)21)10-3-7-12(8-4-10)17(22)23/h2-9,14H,1H3;2-11,14H,1H3;1-8,13,19H,(H,15,18). The van der Waals surface area contributed by atoms with E-state index in [9.17, 15) is 54.8 Å². The summed E-state index contributed by atoms with van der Waals surface area (Å²) in [5.41, 5.74) is 4.75. The van der Waals surface area contributed by atoms with Crippen LogP contribution in [-0.2, 0) is 23.9 Å². The van der Waals surface area contributed by atoms with Crippen LogP contribution in [0.4, 0.5) is 22.7 Å². The highest BCUT2D eigenvalue weighted by atomic mass is 16.6. The fraction of sp³-hybridized carbons (Fsp3) is 0.114. The first kappa shape index (κ1) is 47.0. The molecule has 6 aromatic carbocycles. The summed E-state index contributed by atoms with van der Waals surface area (Å²) < 4.78 is 9.65. The van der Waals surface area contributed by atoms with Gasteiger partial charge in [-0.15, -0.1) is 0 Å². The Morgan fingerprint density at radius 1 is 0.413 bits per heavy atom. The van der Waals surface area contributed by atoms with Gasteiger partial charge < -0.3 is 9.47 Å². The van der Waals surface area contributed by atoms with Crippen LogP contribution in [-0.4, -0.2) is 57.0 Å². The number of carbonyl (C=O) groups excluding carboxylic acids is 3. The van der Waals surface area contributed by atoms with Gasteiger partial charge in [0, 0.05) is 48.5 Å². The second kappa shape index (κ2) is 22.6. The van der Waals surface area contributed by atoms with E-state index in [1.807, 2.05) is 60.7 Å². The summed E-state index contributed by atoms with van der Waals surface area (Å²) in [6.07, 6.45) is 0. The highest BCUT2D eigenvalue weighted by Crippen LogP contribution is 2.30. The third-order valence-corrected chi connectivity index (χ3v) is 9.26. The average molecular weight is 860 g/mol. The van der Waals surface area contributed by atoms with E-state index < -0.39 is 43.4 Å². The van der Waals surface area contributed by atoms with Gasteiger partial charge in [0.05, 0.1) is 39.8 Å². The predicted octanol–water partition coefficient (Wildman–Crippen LogP) is 7.94. The summed E-state index contributed by atoms with van der Waals surface area (Å²) >= 11 is 0. The molecule has 6 aromatic rings. The van der Waals surface area contributed by atoms with E-state index in [4.69, 9.17) is 14.7 Å². The number of ether oxygens (including phenoxy) is 2. The number of hydrogen-bond donors (Lipinski definition) is 2. The number of nitrogens with zero attached hydrogens (tertiary/aromatic N) is 4. The Balaban J connectivity index is 0.000000210. The molecule has 0 fully saturated rings. The molecule has 6 rings (SSSR count). The smallest absolute Gasteiger partial charge is 0.317 e. The minimum Gasteiger partial charge on any atom is -0.468 e. The highest BCUT2D eigenvalue weighted by molar-refractivity contribution is 5.86. The number of hydrogen-bond acceptors (Lipinski definition) is 14. The maximum absolute atomic E-state index is 12.1. The molecule has 0 aliphatic rings. The van der Waals surface area contributed by atoms with Crippen LogP contribution < -0.4 is 5.48 Å². The van der Waals surface area contributed by atoms with Crippen molar-refractivity contribution in [3.05, 3.63) is 232 Å². The Bertz CT molecular complexity index is 2240. The third kappa shape index (κ3) is 12.6. The van der Waals surface area contributed by atoms with Crippen LogP contribution in [0, 0.1) is 40.5 Å². The number of nitrogens with one attached hydrogen (secondary N) is 1. The Morgan fingerprint density at radius 3 is 0.841 bits per heavy atom. The second-order valence-corrected chi connectivity index (χ2v) is 13.0. The number of hydroxylamine groups is 1. The number of amides is 1. The van der Waals surface area contributed by atoms with Gasteiger partial charge in [-0.1, -0.05) is 109 Å². The average Bonchev–Trinajstić information content (AvgIpc) is 3.31. The molecule has 322 valence electrons. The van der Waals surface area contributed by atoms with Crippen molar-refractivity contribution in [2.45, 2.75) is 17.8 Å². The molecule has 0 radical (unpaired) electrons.